The molecule has 2 rings (SSSR count). The molecule has 2 N–H and O–H groups in total. The summed E-state index contributed by atoms with van der Waals surface area (Å²) in [5.41, 5.74) is 0.411. The quantitative estimate of drug-likeness (QED) is 0.578. The molecule has 29 heavy (non-hydrogen) atoms. The number of carbonyl (C=O) groups excluding carboxylic acids is 3. The highest BCUT2D eigenvalue weighted by Crippen LogP contribution is 2.31. The largest absolute Gasteiger partial charge is 0.448 e. The zero-order valence-corrected chi connectivity index (χ0v) is 19.0. The van der Waals surface area contributed by atoms with E-state index < -0.39 is 23.4 Å². The number of esters is 1. The average Bonchev–Trinajstić information content (AvgIpc) is 2.98. The molecule has 2 aromatic rings. The number of hydrogen-bond acceptors (Lipinski definition) is 5. The SMILES string of the molecule is Cc1cc(NC(=O)C(C)(C)C)sc1C(=O)OC(C)C(=O)Nc1cccc(Cl)c1Cl. The van der Waals surface area contributed by atoms with E-state index >= 15 is 0 Å². The zero-order chi connectivity index (χ0) is 21.9. The first-order chi connectivity index (χ1) is 13.4. The predicted octanol–water partition coefficient (Wildman–Crippen LogP) is 5.53. The Hall–Kier alpha value is -2.09. The number of thiophene rings is 1. The smallest absolute Gasteiger partial charge is 0.349 e. The Kier molecular flexibility index (Phi) is 7.32. The van der Waals surface area contributed by atoms with Crippen LogP contribution in [-0.4, -0.2) is 23.9 Å². The molecule has 1 aromatic carbocycles. The standard InChI is InChI=1S/C20H22Cl2N2O4S/c1-10-9-14(24-19(27)20(3,4)5)29-16(10)18(26)28-11(2)17(25)23-13-8-6-7-12(21)15(13)22/h6-9,11H,1-5H3,(H,23,25)(H,24,27). The number of aryl methyl sites for hydroxylation is 1. The van der Waals surface area contributed by atoms with Gasteiger partial charge in [0.1, 0.15) is 4.88 Å². The summed E-state index contributed by atoms with van der Waals surface area (Å²) in [7, 11) is 0. The highest BCUT2D eigenvalue weighted by atomic mass is 35.5. The predicted molar refractivity (Wildman–Crippen MR) is 117 cm³/mol. The second-order valence-electron chi connectivity index (χ2n) is 7.47. The van der Waals surface area contributed by atoms with Crippen LogP contribution >= 0.6 is 34.5 Å². The molecule has 1 heterocycles. The Morgan fingerprint density at radius 2 is 1.79 bits per heavy atom. The molecule has 0 aliphatic heterocycles. The molecule has 0 aliphatic rings. The Morgan fingerprint density at radius 3 is 2.41 bits per heavy atom. The highest BCUT2D eigenvalue weighted by Gasteiger charge is 2.25. The van der Waals surface area contributed by atoms with Crippen molar-refractivity contribution in [3.05, 3.63) is 44.8 Å². The number of rotatable bonds is 5. The van der Waals surface area contributed by atoms with Crippen LogP contribution < -0.4 is 10.6 Å². The van der Waals surface area contributed by atoms with E-state index in [1.807, 2.05) is 0 Å². The second kappa shape index (κ2) is 9.15. The third kappa shape index (κ3) is 5.95. The molecule has 6 nitrogen and oxygen atoms in total. The minimum Gasteiger partial charge on any atom is -0.448 e. The van der Waals surface area contributed by atoms with Crippen molar-refractivity contribution in [2.24, 2.45) is 5.41 Å². The van der Waals surface area contributed by atoms with E-state index in [0.29, 0.717) is 26.2 Å². The number of ether oxygens (including phenoxy) is 1. The van der Waals surface area contributed by atoms with Gasteiger partial charge < -0.3 is 15.4 Å². The molecule has 0 radical (unpaired) electrons. The van der Waals surface area contributed by atoms with Crippen LogP contribution in [0.25, 0.3) is 0 Å². The van der Waals surface area contributed by atoms with E-state index in [9.17, 15) is 14.4 Å². The molecule has 1 unspecified atom stereocenters. The van der Waals surface area contributed by atoms with Gasteiger partial charge in [0.25, 0.3) is 5.91 Å². The normalized spacial score (nSPS) is 12.2. The van der Waals surface area contributed by atoms with Gasteiger partial charge in [-0.3, -0.25) is 9.59 Å². The topological polar surface area (TPSA) is 84.5 Å². The fourth-order valence-electron chi connectivity index (χ4n) is 2.15. The molecule has 0 saturated heterocycles. The molecule has 0 fully saturated rings. The Balaban J connectivity index is 2.05. The van der Waals surface area contributed by atoms with E-state index in [-0.39, 0.29) is 10.9 Å². The molecule has 0 bridgehead atoms. The fraction of sp³-hybridized carbons (Fsp3) is 0.350. The summed E-state index contributed by atoms with van der Waals surface area (Å²) in [6, 6.07) is 6.52. The first kappa shape index (κ1) is 23.2. The lowest BCUT2D eigenvalue weighted by Gasteiger charge is -2.16. The summed E-state index contributed by atoms with van der Waals surface area (Å²) < 4.78 is 5.28. The lowest BCUT2D eigenvalue weighted by Crippen LogP contribution is -2.30. The molecular formula is C20H22Cl2N2O4S. The van der Waals surface area contributed by atoms with Crippen LogP contribution in [0.15, 0.2) is 24.3 Å². The van der Waals surface area contributed by atoms with Crippen LogP contribution in [0.1, 0.15) is 42.9 Å². The second-order valence-corrected chi connectivity index (χ2v) is 9.30. The lowest BCUT2D eigenvalue weighted by molar-refractivity contribution is -0.124. The summed E-state index contributed by atoms with van der Waals surface area (Å²) in [6.07, 6.45) is -1.06. The molecule has 0 spiro atoms. The van der Waals surface area contributed by atoms with Crippen molar-refractivity contribution in [3.8, 4) is 0 Å². The van der Waals surface area contributed by atoms with E-state index in [1.54, 1.807) is 52.0 Å². The van der Waals surface area contributed by atoms with Gasteiger partial charge in [-0.15, -0.1) is 11.3 Å². The van der Waals surface area contributed by atoms with Gasteiger partial charge >= 0.3 is 5.97 Å². The van der Waals surface area contributed by atoms with Crippen LogP contribution in [0.4, 0.5) is 10.7 Å². The summed E-state index contributed by atoms with van der Waals surface area (Å²) in [6.45, 7) is 8.58. The summed E-state index contributed by atoms with van der Waals surface area (Å²) >= 11 is 13.1. The molecular weight excluding hydrogens is 435 g/mol. The van der Waals surface area contributed by atoms with Crippen molar-refractivity contribution in [1.29, 1.82) is 0 Å². The highest BCUT2D eigenvalue weighted by molar-refractivity contribution is 7.18. The molecule has 1 aromatic heterocycles. The van der Waals surface area contributed by atoms with Gasteiger partial charge in [-0.2, -0.15) is 0 Å². The van der Waals surface area contributed by atoms with Gasteiger partial charge in [0.2, 0.25) is 5.91 Å². The first-order valence-electron chi connectivity index (χ1n) is 8.78. The average molecular weight is 457 g/mol. The zero-order valence-electron chi connectivity index (χ0n) is 16.7. The van der Waals surface area contributed by atoms with E-state index in [4.69, 9.17) is 27.9 Å². The van der Waals surface area contributed by atoms with Crippen molar-refractivity contribution < 1.29 is 19.1 Å². The van der Waals surface area contributed by atoms with Crippen molar-refractivity contribution >= 4 is 63.0 Å². The number of halogens is 2. The Labute approximate surface area is 183 Å². The van der Waals surface area contributed by atoms with Gasteiger partial charge in [-0.1, -0.05) is 50.0 Å². The van der Waals surface area contributed by atoms with Gasteiger partial charge in [0, 0.05) is 5.41 Å². The van der Waals surface area contributed by atoms with Crippen molar-refractivity contribution in [2.45, 2.75) is 40.7 Å². The summed E-state index contributed by atoms with van der Waals surface area (Å²) in [4.78, 5) is 37.3. The van der Waals surface area contributed by atoms with Crippen LogP contribution in [0.5, 0.6) is 0 Å². The molecule has 0 aliphatic carbocycles. The number of amides is 2. The number of benzene rings is 1. The van der Waals surface area contributed by atoms with E-state index in [1.165, 1.54) is 6.92 Å². The Morgan fingerprint density at radius 1 is 1.14 bits per heavy atom. The number of anilines is 2. The molecule has 9 heteroatoms. The molecule has 1 atom stereocenters. The van der Waals surface area contributed by atoms with Crippen LogP contribution in [0.3, 0.4) is 0 Å². The monoisotopic (exact) mass is 456 g/mol. The van der Waals surface area contributed by atoms with Crippen molar-refractivity contribution in [2.75, 3.05) is 10.6 Å². The molecule has 2 amide bonds. The number of nitrogens with one attached hydrogen (secondary N) is 2. The lowest BCUT2D eigenvalue weighted by atomic mass is 9.96. The first-order valence-corrected chi connectivity index (χ1v) is 10.3. The Bertz CT molecular complexity index is 950. The maximum Gasteiger partial charge on any atom is 0.349 e. The van der Waals surface area contributed by atoms with Crippen LogP contribution in [-0.2, 0) is 14.3 Å². The van der Waals surface area contributed by atoms with Gasteiger partial charge in [-0.25, -0.2) is 4.79 Å². The van der Waals surface area contributed by atoms with Gasteiger partial charge in [0.05, 0.1) is 20.7 Å². The molecule has 156 valence electrons. The van der Waals surface area contributed by atoms with Crippen LogP contribution in [0.2, 0.25) is 10.0 Å². The summed E-state index contributed by atoms with van der Waals surface area (Å²) in [5.74, 6) is -1.36. The van der Waals surface area contributed by atoms with Gasteiger partial charge in [0.15, 0.2) is 6.10 Å². The fourth-order valence-corrected chi connectivity index (χ4v) is 3.45. The van der Waals surface area contributed by atoms with E-state index in [2.05, 4.69) is 10.6 Å². The summed E-state index contributed by atoms with van der Waals surface area (Å²) in [5, 5.41) is 6.41. The van der Waals surface area contributed by atoms with Crippen molar-refractivity contribution in [3.63, 3.8) is 0 Å². The minimum absolute atomic E-state index is 0.162. The van der Waals surface area contributed by atoms with Crippen molar-refractivity contribution in [1.82, 2.24) is 0 Å². The minimum atomic E-state index is -1.06. The van der Waals surface area contributed by atoms with E-state index in [0.717, 1.165) is 11.3 Å². The number of carbonyl (C=O) groups is 3. The third-order valence-electron chi connectivity index (χ3n) is 3.88. The third-order valence-corrected chi connectivity index (χ3v) is 5.84. The number of hydrogen-bond donors (Lipinski definition) is 2. The van der Waals surface area contributed by atoms with Crippen LogP contribution in [0, 0.1) is 12.3 Å². The maximum absolute atomic E-state index is 12.5. The maximum atomic E-state index is 12.5. The molecule has 0 saturated carbocycles. The van der Waals surface area contributed by atoms with Gasteiger partial charge in [-0.05, 0) is 37.6 Å².